The summed E-state index contributed by atoms with van der Waals surface area (Å²) < 4.78 is 5.23. The van der Waals surface area contributed by atoms with Gasteiger partial charge in [0.2, 0.25) is 5.91 Å². The monoisotopic (exact) mass is 290 g/mol. The molecule has 0 bridgehead atoms. The Hall–Kier alpha value is -1.55. The molecule has 3 unspecified atom stereocenters. The standard InChI is InChI=1S/C17H26N2O2/c1-12(13-7-6-8-14(11-13)21-3)19-16(20)15-9-4-5-10-17(15,2)18/h6-8,11-12,15H,4-5,9-10,18H2,1-3H3,(H,19,20). The number of benzene rings is 1. The molecule has 0 aromatic heterocycles. The van der Waals surface area contributed by atoms with Gasteiger partial charge in [0.05, 0.1) is 19.1 Å². The molecule has 1 fully saturated rings. The Morgan fingerprint density at radius 1 is 1.48 bits per heavy atom. The summed E-state index contributed by atoms with van der Waals surface area (Å²) >= 11 is 0. The molecular weight excluding hydrogens is 264 g/mol. The van der Waals surface area contributed by atoms with Crippen LogP contribution in [-0.2, 0) is 4.79 Å². The van der Waals surface area contributed by atoms with Gasteiger partial charge in [-0.3, -0.25) is 4.79 Å². The number of methoxy groups -OCH3 is 1. The molecule has 1 aliphatic rings. The molecule has 0 radical (unpaired) electrons. The molecule has 1 aromatic carbocycles. The molecule has 116 valence electrons. The zero-order valence-corrected chi connectivity index (χ0v) is 13.2. The lowest BCUT2D eigenvalue weighted by atomic mass is 9.74. The number of ether oxygens (including phenoxy) is 1. The average molecular weight is 290 g/mol. The van der Waals surface area contributed by atoms with Gasteiger partial charge in [0, 0.05) is 5.54 Å². The quantitative estimate of drug-likeness (QED) is 0.896. The van der Waals surface area contributed by atoms with E-state index >= 15 is 0 Å². The second kappa shape index (κ2) is 6.48. The third kappa shape index (κ3) is 3.76. The first-order valence-corrected chi connectivity index (χ1v) is 7.67. The van der Waals surface area contributed by atoms with Gasteiger partial charge in [-0.1, -0.05) is 25.0 Å². The molecule has 1 aliphatic carbocycles. The van der Waals surface area contributed by atoms with Crippen molar-refractivity contribution in [1.82, 2.24) is 5.32 Å². The van der Waals surface area contributed by atoms with Gasteiger partial charge >= 0.3 is 0 Å². The van der Waals surface area contributed by atoms with E-state index in [1.807, 2.05) is 38.1 Å². The highest BCUT2D eigenvalue weighted by molar-refractivity contribution is 5.80. The van der Waals surface area contributed by atoms with Gasteiger partial charge in [0.25, 0.3) is 0 Å². The topological polar surface area (TPSA) is 64.3 Å². The number of amides is 1. The Bertz CT molecular complexity index is 499. The lowest BCUT2D eigenvalue weighted by Gasteiger charge is -2.37. The second-order valence-corrected chi connectivity index (χ2v) is 6.31. The van der Waals surface area contributed by atoms with Crippen molar-refractivity contribution in [3.8, 4) is 5.75 Å². The van der Waals surface area contributed by atoms with Gasteiger partial charge in [-0.15, -0.1) is 0 Å². The summed E-state index contributed by atoms with van der Waals surface area (Å²) in [6, 6.07) is 7.73. The van der Waals surface area contributed by atoms with E-state index in [4.69, 9.17) is 10.5 Å². The van der Waals surface area contributed by atoms with Crippen LogP contribution in [0.3, 0.4) is 0 Å². The Labute approximate surface area is 127 Å². The molecule has 1 aromatic rings. The van der Waals surface area contributed by atoms with E-state index < -0.39 is 5.54 Å². The fourth-order valence-corrected chi connectivity index (χ4v) is 3.10. The van der Waals surface area contributed by atoms with Crippen LogP contribution in [0.25, 0.3) is 0 Å². The number of rotatable bonds is 4. The summed E-state index contributed by atoms with van der Waals surface area (Å²) in [7, 11) is 1.64. The third-order valence-corrected chi connectivity index (χ3v) is 4.52. The summed E-state index contributed by atoms with van der Waals surface area (Å²) in [6.07, 6.45) is 3.99. The zero-order chi connectivity index (χ0) is 15.5. The molecule has 21 heavy (non-hydrogen) atoms. The lowest BCUT2D eigenvalue weighted by Crippen LogP contribution is -2.53. The van der Waals surface area contributed by atoms with Crippen LogP contribution < -0.4 is 15.8 Å². The summed E-state index contributed by atoms with van der Waals surface area (Å²) in [4.78, 5) is 12.5. The number of hydrogen-bond acceptors (Lipinski definition) is 3. The maximum absolute atomic E-state index is 12.5. The van der Waals surface area contributed by atoms with E-state index in [1.54, 1.807) is 7.11 Å². The van der Waals surface area contributed by atoms with Gasteiger partial charge < -0.3 is 15.8 Å². The van der Waals surface area contributed by atoms with Crippen molar-refractivity contribution in [2.75, 3.05) is 7.11 Å². The SMILES string of the molecule is COc1cccc(C(C)NC(=O)C2CCCCC2(C)N)c1. The van der Waals surface area contributed by atoms with Crippen LogP contribution in [0.1, 0.15) is 51.1 Å². The van der Waals surface area contributed by atoms with Gasteiger partial charge in [-0.2, -0.15) is 0 Å². The molecule has 3 atom stereocenters. The molecule has 0 heterocycles. The van der Waals surface area contributed by atoms with Crippen molar-refractivity contribution < 1.29 is 9.53 Å². The van der Waals surface area contributed by atoms with Crippen molar-refractivity contribution >= 4 is 5.91 Å². The van der Waals surface area contributed by atoms with Crippen LogP contribution in [0, 0.1) is 5.92 Å². The van der Waals surface area contributed by atoms with Crippen molar-refractivity contribution in [1.29, 1.82) is 0 Å². The first-order chi connectivity index (χ1) is 9.94. The van der Waals surface area contributed by atoms with E-state index in [0.717, 1.165) is 37.0 Å². The number of nitrogens with one attached hydrogen (secondary N) is 1. The summed E-state index contributed by atoms with van der Waals surface area (Å²) in [5, 5.41) is 3.10. The largest absolute Gasteiger partial charge is 0.497 e. The lowest BCUT2D eigenvalue weighted by molar-refractivity contribution is -0.128. The van der Waals surface area contributed by atoms with E-state index in [1.165, 1.54) is 0 Å². The van der Waals surface area contributed by atoms with Crippen LogP contribution in [-0.4, -0.2) is 18.6 Å². The number of carbonyl (C=O) groups excluding carboxylic acids is 1. The molecule has 0 saturated heterocycles. The van der Waals surface area contributed by atoms with E-state index in [-0.39, 0.29) is 17.9 Å². The third-order valence-electron chi connectivity index (χ3n) is 4.52. The molecule has 0 aliphatic heterocycles. The van der Waals surface area contributed by atoms with Gasteiger partial charge in [-0.25, -0.2) is 0 Å². The summed E-state index contributed by atoms with van der Waals surface area (Å²) in [5.41, 5.74) is 6.95. The molecule has 1 saturated carbocycles. The fourth-order valence-electron chi connectivity index (χ4n) is 3.10. The molecular formula is C17H26N2O2. The van der Waals surface area contributed by atoms with Crippen LogP contribution >= 0.6 is 0 Å². The van der Waals surface area contributed by atoms with Gasteiger partial charge in [-0.05, 0) is 44.4 Å². The van der Waals surface area contributed by atoms with Crippen molar-refractivity contribution in [2.45, 2.75) is 51.1 Å². The van der Waals surface area contributed by atoms with Crippen molar-refractivity contribution in [3.63, 3.8) is 0 Å². The Morgan fingerprint density at radius 3 is 2.90 bits per heavy atom. The Morgan fingerprint density at radius 2 is 2.24 bits per heavy atom. The normalized spacial score (nSPS) is 27.0. The molecule has 1 amide bonds. The molecule has 2 rings (SSSR count). The fraction of sp³-hybridized carbons (Fsp3) is 0.588. The predicted molar refractivity (Wildman–Crippen MR) is 84.1 cm³/mol. The Kier molecular flexibility index (Phi) is 4.88. The highest BCUT2D eigenvalue weighted by Gasteiger charge is 2.38. The summed E-state index contributed by atoms with van der Waals surface area (Å²) in [5.74, 6) is 0.768. The van der Waals surface area contributed by atoms with Gasteiger partial charge in [0.15, 0.2) is 0 Å². The minimum Gasteiger partial charge on any atom is -0.497 e. The van der Waals surface area contributed by atoms with Crippen LogP contribution in [0.15, 0.2) is 24.3 Å². The molecule has 4 heteroatoms. The maximum atomic E-state index is 12.5. The number of carbonyl (C=O) groups is 1. The minimum atomic E-state index is -0.392. The van der Waals surface area contributed by atoms with Crippen molar-refractivity contribution in [3.05, 3.63) is 29.8 Å². The first kappa shape index (κ1) is 15.8. The Balaban J connectivity index is 2.04. The molecule has 3 N–H and O–H groups in total. The predicted octanol–water partition coefficient (Wildman–Crippen LogP) is 2.78. The van der Waals surface area contributed by atoms with E-state index in [0.29, 0.717) is 0 Å². The van der Waals surface area contributed by atoms with E-state index in [2.05, 4.69) is 5.32 Å². The molecule has 4 nitrogen and oxygen atoms in total. The highest BCUT2D eigenvalue weighted by atomic mass is 16.5. The number of nitrogens with two attached hydrogens (primary N) is 1. The minimum absolute atomic E-state index is 0.0506. The average Bonchev–Trinajstić information content (AvgIpc) is 2.46. The number of hydrogen-bond donors (Lipinski definition) is 2. The van der Waals surface area contributed by atoms with E-state index in [9.17, 15) is 4.79 Å². The van der Waals surface area contributed by atoms with Gasteiger partial charge in [0.1, 0.15) is 5.75 Å². The highest BCUT2D eigenvalue weighted by Crippen LogP contribution is 2.32. The van der Waals surface area contributed by atoms with Crippen LogP contribution in [0.5, 0.6) is 5.75 Å². The smallest absolute Gasteiger partial charge is 0.225 e. The maximum Gasteiger partial charge on any atom is 0.225 e. The first-order valence-electron chi connectivity index (χ1n) is 7.67. The molecule has 0 spiro atoms. The van der Waals surface area contributed by atoms with Crippen LogP contribution in [0.2, 0.25) is 0 Å². The second-order valence-electron chi connectivity index (χ2n) is 6.31. The van der Waals surface area contributed by atoms with Crippen molar-refractivity contribution in [2.24, 2.45) is 11.7 Å². The summed E-state index contributed by atoms with van der Waals surface area (Å²) in [6.45, 7) is 3.98. The van der Waals surface area contributed by atoms with Crippen LogP contribution in [0.4, 0.5) is 0 Å². The zero-order valence-electron chi connectivity index (χ0n) is 13.2.